The van der Waals surface area contributed by atoms with Crippen LogP contribution in [0.3, 0.4) is 0 Å². The molecule has 2 atom stereocenters. The van der Waals surface area contributed by atoms with E-state index in [0.29, 0.717) is 6.04 Å². The van der Waals surface area contributed by atoms with Crippen molar-refractivity contribution in [2.75, 3.05) is 13.1 Å². The normalized spacial score (nSPS) is 29.4. The van der Waals surface area contributed by atoms with Crippen molar-refractivity contribution >= 4 is 0 Å². The molecule has 0 aromatic rings. The van der Waals surface area contributed by atoms with E-state index < -0.39 is 0 Å². The highest BCUT2D eigenvalue weighted by Gasteiger charge is 2.37. The lowest BCUT2D eigenvalue weighted by Gasteiger charge is -2.50. The van der Waals surface area contributed by atoms with Crippen LogP contribution in [0.4, 0.5) is 0 Å². The minimum atomic E-state index is 0.258. The van der Waals surface area contributed by atoms with Crippen molar-refractivity contribution in [2.45, 2.75) is 65.0 Å². The largest absolute Gasteiger partial charge is 0.329 e. The molecule has 1 aliphatic heterocycles. The Morgan fingerprint density at radius 3 is 2.27 bits per heavy atom. The van der Waals surface area contributed by atoms with Gasteiger partial charge in [-0.3, -0.25) is 4.90 Å². The number of hydrogen-bond donors (Lipinski definition) is 1. The molecule has 1 heterocycles. The first kappa shape index (κ1) is 13.0. The third-order valence-corrected chi connectivity index (χ3v) is 4.42. The molecule has 1 saturated heterocycles. The molecule has 0 saturated carbocycles. The summed E-state index contributed by atoms with van der Waals surface area (Å²) in [6, 6.07) is 0.713. The molecule has 0 radical (unpaired) electrons. The zero-order valence-electron chi connectivity index (χ0n) is 10.9. The minimum Gasteiger partial charge on any atom is -0.329 e. The van der Waals surface area contributed by atoms with Crippen LogP contribution < -0.4 is 5.73 Å². The van der Waals surface area contributed by atoms with E-state index in [0.717, 1.165) is 12.5 Å². The minimum absolute atomic E-state index is 0.258. The number of likely N-dealkylation sites (tertiary alicyclic amines) is 1. The lowest BCUT2D eigenvalue weighted by Crippen LogP contribution is -2.59. The van der Waals surface area contributed by atoms with E-state index in [4.69, 9.17) is 5.73 Å². The van der Waals surface area contributed by atoms with Gasteiger partial charge in [-0.2, -0.15) is 0 Å². The summed E-state index contributed by atoms with van der Waals surface area (Å²) in [5, 5.41) is 0. The third-order valence-electron chi connectivity index (χ3n) is 4.42. The molecule has 1 fully saturated rings. The highest BCUT2D eigenvalue weighted by molar-refractivity contribution is 4.94. The van der Waals surface area contributed by atoms with E-state index in [1.165, 1.54) is 32.2 Å². The number of hydrogen-bond acceptors (Lipinski definition) is 2. The summed E-state index contributed by atoms with van der Waals surface area (Å²) in [5.41, 5.74) is 6.28. The van der Waals surface area contributed by atoms with E-state index >= 15 is 0 Å². The van der Waals surface area contributed by atoms with Gasteiger partial charge >= 0.3 is 0 Å². The second kappa shape index (κ2) is 5.31. The average Bonchev–Trinajstić information content (AvgIpc) is 2.26. The molecular formula is C13H28N2. The maximum Gasteiger partial charge on any atom is 0.0329 e. The molecule has 1 aliphatic rings. The van der Waals surface area contributed by atoms with Gasteiger partial charge in [-0.15, -0.1) is 0 Å². The Balaban J connectivity index is 2.80. The highest BCUT2D eigenvalue weighted by Crippen LogP contribution is 2.32. The zero-order chi connectivity index (χ0) is 11.5. The molecule has 2 heteroatoms. The molecule has 0 spiro atoms. The molecule has 2 N–H and O–H groups in total. The van der Waals surface area contributed by atoms with Gasteiger partial charge in [0.15, 0.2) is 0 Å². The molecule has 2 unspecified atom stereocenters. The van der Waals surface area contributed by atoms with Gasteiger partial charge in [0.05, 0.1) is 0 Å². The Kier molecular flexibility index (Phi) is 4.60. The molecule has 2 nitrogen and oxygen atoms in total. The predicted molar refractivity (Wildman–Crippen MR) is 66.9 cm³/mol. The van der Waals surface area contributed by atoms with Gasteiger partial charge in [0.1, 0.15) is 0 Å². The number of nitrogens with zero attached hydrogens (tertiary/aromatic N) is 1. The van der Waals surface area contributed by atoms with Gasteiger partial charge in [0.25, 0.3) is 0 Å². The Labute approximate surface area is 95.2 Å². The van der Waals surface area contributed by atoms with Crippen LogP contribution in [0.1, 0.15) is 53.4 Å². The second-order valence-corrected chi connectivity index (χ2v) is 5.32. The van der Waals surface area contributed by atoms with E-state index in [2.05, 4.69) is 32.6 Å². The first-order chi connectivity index (χ1) is 7.09. The fourth-order valence-electron chi connectivity index (χ4n) is 3.01. The van der Waals surface area contributed by atoms with Crippen LogP contribution in [0.2, 0.25) is 0 Å². The summed E-state index contributed by atoms with van der Waals surface area (Å²) >= 11 is 0. The zero-order valence-corrected chi connectivity index (χ0v) is 10.9. The van der Waals surface area contributed by atoms with E-state index in [1.807, 2.05) is 0 Å². The molecular weight excluding hydrogens is 184 g/mol. The quantitative estimate of drug-likeness (QED) is 0.776. The molecule has 0 bridgehead atoms. The lowest BCUT2D eigenvalue weighted by molar-refractivity contribution is 0.00487. The lowest BCUT2D eigenvalue weighted by atomic mass is 9.84. The van der Waals surface area contributed by atoms with E-state index in [-0.39, 0.29) is 5.54 Å². The van der Waals surface area contributed by atoms with Crippen LogP contribution in [0.25, 0.3) is 0 Å². The summed E-state index contributed by atoms with van der Waals surface area (Å²) in [4.78, 5) is 2.68. The first-order valence-corrected chi connectivity index (χ1v) is 6.56. The molecule has 0 aromatic carbocycles. The van der Waals surface area contributed by atoms with Crippen LogP contribution in [0, 0.1) is 5.92 Å². The van der Waals surface area contributed by atoms with Gasteiger partial charge in [0.2, 0.25) is 0 Å². The van der Waals surface area contributed by atoms with Crippen LogP contribution in [-0.2, 0) is 0 Å². The predicted octanol–water partition coefficient (Wildman–Crippen LogP) is 2.62. The molecule has 0 aromatic heterocycles. The van der Waals surface area contributed by atoms with Crippen molar-refractivity contribution < 1.29 is 0 Å². The molecule has 15 heavy (non-hydrogen) atoms. The summed E-state index contributed by atoms with van der Waals surface area (Å²) < 4.78 is 0. The molecule has 90 valence electrons. The SMILES string of the molecule is CCC(CC)(CN)N1CC(C)CCC1C. The van der Waals surface area contributed by atoms with Gasteiger partial charge in [0, 0.05) is 24.7 Å². The topological polar surface area (TPSA) is 29.3 Å². The number of nitrogens with two attached hydrogens (primary N) is 1. The number of rotatable bonds is 4. The fraction of sp³-hybridized carbons (Fsp3) is 1.00. The van der Waals surface area contributed by atoms with Crippen LogP contribution >= 0.6 is 0 Å². The van der Waals surface area contributed by atoms with Crippen molar-refractivity contribution in [3.8, 4) is 0 Å². The number of piperidine rings is 1. The smallest absolute Gasteiger partial charge is 0.0329 e. The van der Waals surface area contributed by atoms with E-state index in [9.17, 15) is 0 Å². The first-order valence-electron chi connectivity index (χ1n) is 6.56. The Morgan fingerprint density at radius 1 is 1.20 bits per heavy atom. The van der Waals surface area contributed by atoms with Crippen LogP contribution in [0.5, 0.6) is 0 Å². The standard InChI is InChI=1S/C13H28N2/c1-5-13(6-2,10-14)15-9-11(3)7-8-12(15)4/h11-12H,5-10,14H2,1-4H3. The van der Waals surface area contributed by atoms with Gasteiger partial charge in [-0.1, -0.05) is 20.8 Å². The summed E-state index contributed by atoms with van der Waals surface area (Å²) in [6.07, 6.45) is 5.07. The molecule has 1 rings (SSSR count). The third kappa shape index (κ3) is 2.54. The summed E-state index contributed by atoms with van der Waals surface area (Å²) in [5.74, 6) is 0.838. The van der Waals surface area contributed by atoms with Crippen molar-refractivity contribution in [1.29, 1.82) is 0 Å². The van der Waals surface area contributed by atoms with E-state index in [1.54, 1.807) is 0 Å². The summed E-state index contributed by atoms with van der Waals surface area (Å²) in [6.45, 7) is 11.3. The van der Waals surface area contributed by atoms with Crippen LogP contribution in [-0.4, -0.2) is 29.6 Å². The Hall–Kier alpha value is -0.0800. The van der Waals surface area contributed by atoms with Gasteiger partial charge in [-0.25, -0.2) is 0 Å². The maximum atomic E-state index is 6.03. The highest BCUT2D eigenvalue weighted by atomic mass is 15.2. The van der Waals surface area contributed by atoms with Crippen molar-refractivity contribution in [3.05, 3.63) is 0 Å². The Bertz CT molecular complexity index is 179. The van der Waals surface area contributed by atoms with Crippen molar-refractivity contribution in [1.82, 2.24) is 4.90 Å². The fourth-order valence-corrected chi connectivity index (χ4v) is 3.01. The second-order valence-electron chi connectivity index (χ2n) is 5.32. The molecule has 0 aliphatic carbocycles. The molecule has 0 amide bonds. The van der Waals surface area contributed by atoms with Crippen molar-refractivity contribution in [2.24, 2.45) is 11.7 Å². The maximum absolute atomic E-state index is 6.03. The summed E-state index contributed by atoms with van der Waals surface area (Å²) in [7, 11) is 0. The Morgan fingerprint density at radius 2 is 1.80 bits per heavy atom. The van der Waals surface area contributed by atoms with Crippen LogP contribution in [0.15, 0.2) is 0 Å². The monoisotopic (exact) mass is 212 g/mol. The van der Waals surface area contributed by atoms with Crippen molar-refractivity contribution in [3.63, 3.8) is 0 Å². The average molecular weight is 212 g/mol. The van der Waals surface area contributed by atoms with Gasteiger partial charge in [-0.05, 0) is 38.5 Å². The van der Waals surface area contributed by atoms with Gasteiger partial charge < -0.3 is 5.73 Å².